The van der Waals surface area contributed by atoms with Gasteiger partial charge < -0.3 is 29.6 Å². The van der Waals surface area contributed by atoms with Crippen molar-refractivity contribution < 1.29 is 28.5 Å². The van der Waals surface area contributed by atoms with E-state index in [2.05, 4.69) is 46.5 Å². The first-order valence-corrected chi connectivity index (χ1v) is 18.2. The molecule has 2 aromatic carbocycles. The highest BCUT2D eigenvalue weighted by molar-refractivity contribution is 9.10. The molecule has 16 heteroatoms. The Labute approximate surface area is 326 Å². The number of fused-ring (bicyclic) bond motifs is 2. The molecular weight excluding hydrogens is 799 g/mol. The molecule has 0 aliphatic carbocycles. The van der Waals surface area contributed by atoms with Crippen molar-refractivity contribution in [2.24, 2.45) is 0 Å². The minimum atomic E-state index is -0.534. The number of nitrogens with zero attached hydrogens (tertiary/aromatic N) is 4. The number of hydrogen-bond donors (Lipinski definition) is 2. The summed E-state index contributed by atoms with van der Waals surface area (Å²) in [6, 6.07) is 14.7. The van der Waals surface area contributed by atoms with Gasteiger partial charge in [0.05, 0.1) is 31.0 Å². The van der Waals surface area contributed by atoms with E-state index in [1.165, 1.54) is 6.20 Å². The molecule has 2 N–H and O–H groups in total. The minimum absolute atomic E-state index is 0.0632. The van der Waals surface area contributed by atoms with Gasteiger partial charge in [-0.25, -0.2) is 29.5 Å². The van der Waals surface area contributed by atoms with Crippen LogP contribution in [0.2, 0.25) is 15.7 Å². The fourth-order valence-corrected chi connectivity index (χ4v) is 5.74. The third-order valence-corrected chi connectivity index (χ3v) is 8.03. The Hall–Kier alpha value is -3.91. The van der Waals surface area contributed by atoms with E-state index in [4.69, 9.17) is 53.8 Å². The van der Waals surface area contributed by atoms with Crippen LogP contribution >= 0.6 is 50.7 Å². The predicted octanol–water partition coefficient (Wildman–Crippen LogP) is 9.73. The number of ether oxygens (including phenoxy) is 4. The molecule has 2 aliphatic heterocycles. The number of nitrogens with one attached hydrogen (secondary N) is 2. The number of rotatable bonds is 3. The van der Waals surface area contributed by atoms with Crippen molar-refractivity contribution in [3.8, 4) is 22.8 Å². The lowest BCUT2D eigenvalue weighted by atomic mass is 9.98. The largest absolute Gasteiger partial charge is 0.493 e. The first-order chi connectivity index (χ1) is 24.5. The van der Waals surface area contributed by atoms with E-state index >= 15 is 0 Å². The van der Waals surface area contributed by atoms with Gasteiger partial charge in [0, 0.05) is 46.4 Å². The molecule has 0 saturated carbocycles. The number of carbonyl (C=O) groups is 2. The van der Waals surface area contributed by atoms with Gasteiger partial charge in [-0.2, -0.15) is 0 Å². The first-order valence-electron chi connectivity index (χ1n) is 16.3. The number of amides is 2. The van der Waals surface area contributed by atoms with E-state index in [9.17, 15) is 9.59 Å². The summed E-state index contributed by atoms with van der Waals surface area (Å²) < 4.78 is 22.9. The fourth-order valence-electron chi connectivity index (χ4n) is 4.92. The molecule has 12 nitrogen and oxygen atoms in total. The predicted molar refractivity (Wildman–Crippen MR) is 203 cm³/mol. The van der Waals surface area contributed by atoms with Gasteiger partial charge in [-0.3, -0.25) is 0 Å². The lowest BCUT2D eigenvalue weighted by Gasteiger charge is -2.28. The van der Waals surface area contributed by atoms with Crippen molar-refractivity contribution in [3.05, 3.63) is 92.2 Å². The molecule has 2 unspecified atom stereocenters. The van der Waals surface area contributed by atoms with Gasteiger partial charge in [0.1, 0.15) is 27.9 Å². The van der Waals surface area contributed by atoms with Crippen LogP contribution in [-0.4, -0.2) is 56.5 Å². The number of halogens is 4. The molecular formula is C36H40BrCl3N6O6. The molecule has 2 aromatic heterocycles. The maximum atomic E-state index is 12.1. The van der Waals surface area contributed by atoms with Gasteiger partial charge in [-0.05, 0) is 95.1 Å². The molecule has 2 aliphatic rings. The van der Waals surface area contributed by atoms with Crippen molar-refractivity contribution in [1.29, 1.82) is 0 Å². The summed E-state index contributed by atoms with van der Waals surface area (Å²) in [5, 5.41) is 6.55. The Kier molecular flexibility index (Phi) is 14.3. The average Bonchev–Trinajstić information content (AvgIpc) is 3.03. The van der Waals surface area contributed by atoms with Crippen LogP contribution in [0.4, 0.5) is 9.59 Å². The summed E-state index contributed by atoms with van der Waals surface area (Å²) in [6.07, 6.45) is 3.71. The number of alkyl carbamates (subject to hydrolysis) is 2. The lowest BCUT2D eigenvalue weighted by Crippen LogP contribution is -2.36. The Morgan fingerprint density at radius 3 is 1.71 bits per heavy atom. The summed E-state index contributed by atoms with van der Waals surface area (Å²) in [6.45, 7) is 12.2. The summed E-state index contributed by atoms with van der Waals surface area (Å²) in [4.78, 5) is 39.2. The molecule has 6 rings (SSSR count). The van der Waals surface area contributed by atoms with Gasteiger partial charge in [-0.15, -0.1) is 0 Å². The monoisotopic (exact) mass is 836 g/mol. The smallest absolute Gasteiger partial charge is 0.408 e. The SMILES string of the molecule is CC(C)(C)OC(=O)NC1CCOc2cc(-c3ccnc(Cl)n3)ccc21.CC(C)(C)OC(=O)NC1CCOc2cc(Br)ccc21.Clc1ccnc(Cl)n1. The second-order valence-corrected chi connectivity index (χ2v) is 15.4. The highest BCUT2D eigenvalue weighted by Gasteiger charge is 2.27. The molecule has 2 amide bonds. The summed E-state index contributed by atoms with van der Waals surface area (Å²) in [7, 11) is 0. The van der Waals surface area contributed by atoms with Gasteiger partial charge in [0.15, 0.2) is 0 Å². The quantitative estimate of drug-likeness (QED) is 0.151. The van der Waals surface area contributed by atoms with Crippen LogP contribution in [-0.2, 0) is 9.47 Å². The third-order valence-electron chi connectivity index (χ3n) is 6.96. The van der Waals surface area contributed by atoms with Crippen molar-refractivity contribution in [3.63, 3.8) is 0 Å². The van der Waals surface area contributed by atoms with E-state index in [0.29, 0.717) is 30.5 Å². The topological polar surface area (TPSA) is 147 Å². The van der Waals surface area contributed by atoms with E-state index in [1.807, 2.05) is 77.9 Å². The lowest BCUT2D eigenvalue weighted by molar-refractivity contribution is 0.0478. The maximum Gasteiger partial charge on any atom is 0.408 e. The normalized spacial score (nSPS) is 16.0. The number of aromatic nitrogens is 4. The molecule has 0 fully saturated rings. The van der Waals surface area contributed by atoms with E-state index in [1.54, 1.807) is 18.3 Å². The second kappa shape index (κ2) is 18.2. The van der Waals surface area contributed by atoms with E-state index < -0.39 is 23.4 Å². The molecule has 278 valence electrons. The second-order valence-electron chi connectivity index (χ2n) is 13.5. The molecule has 2 atom stereocenters. The fraction of sp³-hybridized carbons (Fsp3) is 0.389. The Balaban J connectivity index is 0.000000197. The summed E-state index contributed by atoms with van der Waals surface area (Å²) in [5.74, 6) is 1.53. The molecule has 0 spiro atoms. The van der Waals surface area contributed by atoms with Crippen molar-refractivity contribution in [2.75, 3.05) is 13.2 Å². The van der Waals surface area contributed by atoms with Gasteiger partial charge in [0.25, 0.3) is 0 Å². The minimum Gasteiger partial charge on any atom is -0.493 e. The van der Waals surface area contributed by atoms with Gasteiger partial charge in [0.2, 0.25) is 10.6 Å². The zero-order chi connectivity index (χ0) is 38.1. The van der Waals surface area contributed by atoms with Gasteiger partial charge in [-0.1, -0.05) is 45.7 Å². The third kappa shape index (κ3) is 13.3. The number of carbonyl (C=O) groups excluding carboxylic acids is 2. The Morgan fingerprint density at radius 2 is 1.23 bits per heavy atom. The van der Waals surface area contributed by atoms with E-state index in [-0.39, 0.29) is 22.7 Å². The number of hydrogen-bond acceptors (Lipinski definition) is 10. The van der Waals surface area contributed by atoms with Crippen molar-refractivity contribution in [2.45, 2.75) is 77.7 Å². The molecule has 0 saturated heterocycles. The zero-order valence-electron chi connectivity index (χ0n) is 29.5. The van der Waals surface area contributed by atoms with Crippen molar-refractivity contribution >= 4 is 62.9 Å². The Bertz CT molecular complexity index is 1840. The maximum absolute atomic E-state index is 12.1. The molecule has 0 bridgehead atoms. The summed E-state index contributed by atoms with van der Waals surface area (Å²) in [5.41, 5.74) is 2.47. The van der Waals surface area contributed by atoms with Crippen LogP contribution in [0.3, 0.4) is 0 Å². The zero-order valence-corrected chi connectivity index (χ0v) is 33.4. The van der Waals surface area contributed by atoms with Crippen LogP contribution < -0.4 is 20.1 Å². The van der Waals surface area contributed by atoms with Crippen LogP contribution in [0.1, 0.15) is 77.6 Å². The molecule has 52 heavy (non-hydrogen) atoms. The first kappa shape index (κ1) is 40.9. The standard InChI is InChI=1S/C18H20ClN3O3.C14H18BrNO3.C4H2Cl2N2/c1-18(2,3)25-17(23)22-14-7-9-24-15-10-11(4-5-12(14)15)13-6-8-20-16(19)21-13;1-14(2,3)19-13(17)16-11-6-7-18-12-8-9(15)4-5-10(11)12;5-3-1-2-7-4(6)8-3/h4-6,8,10,14H,7,9H2,1-3H3,(H,22,23);4-5,8,11H,6-7H2,1-3H3,(H,16,17);1-2H. The van der Waals surface area contributed by atoms with Crippen molar-refractivity contribution in [1.82, 2.24) is 30.6 Å². The highest BCUT2D eigenvalue weighted by Crippen LogP contribution is 2.36. The number of benzene rings is 2. The van der Waals surface area contributed by atoms with Crippen LogP contribution in [0.15, 0.2) is 65.4 Å². The molecule has 4 heterocycles. The average molecular weight is 839 g/mol. The van der Waals surface area contributed by atoms with E-state index in [0.717, 1.165) is 39.1 Å². The molecule has 0 radical (unpaired) electrons. The summed E-state index contributed by atoms with van der Waals surface area (Å²) >= 11 is 20.0. The van der Waals surface area contributed by atoms with Crippen LogP contribution in [0.5, 0.6) is 11.5 Å². The Morgan fingerprint density at radius 1 is 0.731 bits per heavy atom. The molecule has 4 aromatic rings. The highest BCUT2D eigenvalue weighted by atomic mass is 79.9. The van der Waals surface area contributed by atoms with Crippen LogP contribution in [0, 0.1) is 0 Å². The van der Waals surface area contributed by atoms with Gasteiger partial charge >= 0.3 is 12.2 Å². The van der Waals surface area contributed by atoms with Crippen LogP contribution in [0.25, 0.3) is 11.3 Å².